The zero-order chi connectivity index (χ0) is 16.0. The molecule has 0 aromatic heterocycles. The number of benzene rings is 1. The molecule has 0 radical (unpaired) electrons. The molecule has 2 N–H and O–H groups in total. The molecule has 0 fully saturated rings. The van der Waals surface area contributed by atoms with Crippen LogP contribution in [0.1, 0.15) is 17.5 Å². The van der Waals surface area contributed by atoms with Crippen LogP contribution < -0.4 is 4.72 Å². The first-order valence-corrected chi connectivity index (χ1v) is 8.94. The maximum atomic E-state index is 12.2. The van der Waals surface area contributed by atoms with Gasteiger partial charge in [-0.25, -0.2) is 8.42 Å². The second kappa shape index (κ2) is 7.45. The number of carbonyl (C=O) groups is 1. The van der Waals surface area contributed by atoms with Gasteiger partial charge in [-0.05, 0) is 49.1 Å². The Morgan fingerprint density at radius 3 is 2.67 bits per heavy atom. The molecular formula is C13H16N2O4S2. The van der Waals surface area contributed by atoms with Crippen LogP contribution in [0.25, 0.3) is 0 Å². The van der Waals surface area contributed by atoms with Crippen molar-refractivity contribution in [2.24, 2.45) is 0 Å². The van der Waals surface area contributed by atoms with Gasteiger partial charge in [0.1, 0.15) is 6.04 Å². The quantitative estimate of drug-likeness (QED) is 0.782. The van der Waals surface area contributed by atoms with Gasteiger partial charge in [0.15, 0.2) is 0 Å². The Morgan fingerprint density at radius 2 is 2.19 bits per heavy atom. The van der Waals surface area contributed by atoms with Crippen molar-refractivity contribution in [1.82, 2.24) is 4.72 Å². The molecule has 0 spiro atoms. The number of nitrogens with zero attached hydrogens (tertiary/aromatic N) is 1. The molecule has 6 nitrogen and oxygen atoms in total. The standard InChI is InChI=1S/C13H16N2O4S2/c1-9-7-11(4-3-10(9)8-14)21(18,19)15-12(13(16)17)5-6-20-2/h3-4,7,12,15H,5-6H2,1-2H3,(H,16,17)/t12-/m0/s1. The number of sulfonamides is 1. The number of thioether (sulfide) groups is 1. The Balaban J connectivity index is 3.02. The van der Waals surface area contributed by atoms with Crippen LogP contribution in [0, 0.1) is 18.3 Å². The van der Waals surface area contributed by atoms with Gasteiger partial charge in [-0.1, -0.05) is 0 Å². The van der Waals surface area contributed by atoms with Gasteiger partial charge in [-0.15, -0.1) is 0 Å². The Labute approximate surface area is 128 Å². The van der Waals surface area contributed by atoms with Crippen LogP contribution in [-0.2, 0) is 14.8 Å². The van der Waals surface area contributed by atoms with Crippen molar-refractivity contribution in [2.45, 2.75) is 24.3 Å². The number of carboxylic acids is 1. The van der Waals surface area contributed by atoms with Crippen molar-refractivity contribution >= 4 is 27.8 Å². The normalized spacial score (nSPS) is 12.6. The lowest BCUT2D eigenvalue weighted by Gasteiger charge is -2.14. The van der Waals surface area contributed by atoms with Gasteiger partial charge in [0.2, 0.25) is 10.0 Å². The summed E-state index contributed by atoms with van der Waals surface area (Å²) < 4.78 is 26.6. The predicted molar refractivity (Wildman–Crippen MR) is 80.6 cm³/mol. The summed E-state index contributed by atoms with van der Waals surface area (Å²) in [7, 11) is -3.93. The van der Waals surface area contributed by atoms with Gasteiger partial charge in [-0.3, -0.25) is 4.79 Å². The zero-order valence-electron chi connectivity index (χ0n) is 11.7. The number of aryl methyl sites for hydroxylation is 1. The second-order valence-electron chi connectivity index (χ2n) is 4.38. The predicted octanol–water partition coefficient (Wildman–Crippen LogP) is 1.35. The minimum atomic E-state index is -3.93. The summed E-state index contributed by atoms with van der Waals surface area (Å²) in [4.78, 5) is 11.1. The molecule has 0 unspecified atom stereocenters. The lowest BCUT2D eigenvalue weighted by atomic mass is 10.1. The van der Waals surface area contributed by atoms with Crippen molar-refractivity contribution in [1.29, 1.82) is 5.26 Å². The third-order valence-corrected chi connectivity index (χ3v) is 4.95. The molecule has 8 heteroatoms. The molecule has 114 valence electrons. The molecule has 0 aliphatic rings. The molecule has 0 aliphatic heterocycles. The number of hydrogen-bond acceptors (Lipinski definition) is 5. The van der Waals surface area contributed by atoms with Crippen LogP contribution >= 0.6 is 11.8 Å². The molecule has 21 heavy (non-hydrogen) atoms. The number of carboxylic acid groups (broad SMARTS) is 1. The van der Waals surface area contributed by atoms with Crippen molar-refractivity contribution in [3.8, 4) is 6.07 Å². The summed E-state index contributed by atoms with van der Waals surface area (Å²) in [5.41, 5.74) is 0.905. The van der Waals surface area contributed by atoms with Gasteiger partial charge in [-0.2, -0.15) is 21.7 Å². The van der Waals surface area contributed by atoms with E-state index >= 15 is 0 Å². The summed E-state index contributed by atoms with van der Waals surface area (Å²) in [5.74, 6) is -0.677. The van der Waals surface area contributed by atoms with Crippen LogP contribution in [0.4, 0.5) is 0 Å². The van der Waals surface area contributed by atoms with E-state index in [1.807, 2.05) is 12.3 Å². The molecule has 0 amide bonds. The molecule has 0 bridgehead atoms. The number of hydrogen-bond donors (Lipinski definition) is 2. The highest BCUT2D eigenvalue weighted by molar-refractivity contribution is 7.98. The van der Waals surface area contributed by atoms with Crippen LogP contribution in [0.15, 0.2) is 23.1 Å². The molecule has 0 saturated heterocycles. The summed E-state index contributed by atoms with van der Waals surface area (Å²) in [6, 6.07) is 4.83. The van der Waals surface area contributed by atoms with E-state index in [0.29, 0.717) is 16.9 Å². The highest BCUT2D eigenvalue weighted by Crippen LogP contribution is 2.16. The fraction of sp³-hybridized carbons (Fsp3) is 0.385. The Hall–Kier alpha value is -1.56. The van der Waals surface area contributed by atoms with E-state index in [-0.39, 0.29) is 11.3 Å². The smallest absolute Gasteiger partial charge is 0.321 e. The van der Waals surface area contributed by atoms with E-state index in [1.165, 1.54) is 30.0 Å². The fourth-order valence-electron chi connectivity index (χ4n) is 1.65. The first kappa shape index (κ1) is 17.5. The maximum Gasteiger partial charge on any atom is 0.321 e. The molecule has 1 rings (SSSR count). The maximum absolute atomic E-state index is 12.2. The third kappa shape index (κ3) is 4.74. The lowest BCUT2D eigenvalue weighted by molar-refractivity contribution is -0.139. The average molecular weight is 328 g/mol. The first-order chi connectivity index (χ1) is 9.81. The summed E-state index contributed by atoms with van der Waals surface area (Å²) in [5, 5.41) is 17.9. The molecule has 0 saturated carbocycles. The number of aliphatic carboxylic acids is 1. The van der Waals surface area contributed by atoms with Crippen LogP contribution in [0.3, 0.4) is 0 Å². The average Bonchev–Trinajstić information content (AvgIpc) is 2.43. The largest absolute Gasteiger partial charge is 0.480 e. The van der Waals surface area contributed by atoms with Crippen molar-refractivity contribution in [3.05, 3.63) is 29.3 Å². The van der Waals surface area contributed by atoms with Crippen LogP contribution in [0.5, 0.6) is 0 Å². The minimum absolute atomic E-state index is 0.0469. The number of nitriles is 1. The van der Waals surface area contributed by atoms with E-state index < -0.39 is 22.0 Å². The second-order valence-corrected chi connectivity index (χ2v) is 7.08. The van der Waals surface area contributed by atoms with E-state index in [2.05, 4.69) is 4.72 Å². The van der Waals surface area contributed by atoms with Crippen LogP contribution in [-0.4, -0.2) is 37.5 Å². The zero-order valence-corrected chi connectivity index (χ0v) is 13.3. The minimum Gasteiger partial charge on any atom is -0.480 e. The SMILES string of the molecule is CSCC[C@H](NS(=O)(=O)c1ccc(C#N)c(C)c1)C(=O)O. The highest BCUT2D eigenvalue weighted by atomic mass is 32.2. The van der Waals surface area contributed by atoms with Gasteiger partial charge in [0, 0.05) is 0 Å². The van der Waals surface area contributed by atoms with E-state index in [9.17, 15) is 13.2 Å². The number of nitrogens with one attached hydrogen (secondary N) is 1. The third-order valence-electron chi connectivity index (χ3n) is 2.83. The molecule has 0 heterocycles. The molecule has 0 aliphatic carbocycles. The van der Waals surface area contributed by atoms with E-state index in [4.69, 9.17) is 10.4 Å². The summed E-state index contributed by atoms with van der Waals surface area (Å²) >= 11 is 1.44. The van der Waals surface area contributed by atoms with Gasteiger partial charge >= 0.3 is 5.97 Å². The molecule has 1 atom stereocenters. The van der Waals surface area contributed by atoms with Crippen molar-refractivity contribution in [3.63, 3.8) is 0 Å². The highest BCUT2D eigenvalue weighted by Gasteiger charge is 2.25. The monoisotopic (exact) mass is 328 g/mol. The number of rotatable bonds is 7. The fourth-order valence-corrected chi connectivity index (χ4v) is 3.43. The first-order valence-electron chi connectivity index (χ1n) is 6.06. The molecule has 1 aromatic carbocycles. The topological polar surface area (TPSA) is 107 Å². The van der Waals surface area contributed by atoms with E-state index in [0.717, 1.165) is 0 Å². The van der Waals surface area contributed by atoms with Gasteiger partial charge in [0.05, 0.1) is 16.5 Å². The summed E-state index contributed by atoms with van der Waals surface area (Å²) in [6.07, 6.45) is 2.02. The summed E-state index contributed by atoms with van der Waals surface area (Å²) in [6.45, 7) is 1.62. The molecular weight excluding hydrogens is 312 g/mol. The van der Waals surface area contributed by atoms with Crippen LogP contribution in [0.2, 0.25) is 0 Å². The molecule has 1 aromatic rings. The Morgan fingerprint density at radius 1 is 1.52 bits per heavy atom. The van der Waals surface area contributed by atoms with E-state index in [1.54, 1.807) is 6.92 Å². The van der Waals surface area contributed by atoms with Crippen molar-refractivity contribution in [2.75, 3.05) is 12.0 Å². The lowest BCUT2D eigenvalue weighted by Crippen LogP contribution is -2.41. The van der Waals surface area contributed by atoms with Crippen molar-refractivity contribution < 1.29 is 18.3 Å². The Kier molecular flexibility index (Phi) is 6.20. The van der Waals surface area contributed by atoms with Gasteiger partial charge < -0.3 is 5.11 Å². The Bertz CT molecular complexity index is 665. The van der Waals surface area contributed by atoms with Gasteiger partial charge in [0.25, 0.3) is 0 Å².